The topological polar surface area (TPSA) is 70.8 Å². The zero-order valence-corrected chi connectivity index (χ0v) is 11.3. The minimum Gasteiger partial charge on any atom is -0.479 e. The Balaban J connectivity index is 1.89. The monoisotopic (exact) mass is 268 g/mol. The van der Waals surface area contributed by atoms with Crippen molar-refractivity contribution < 1.29 is 4.74 Å². The predicted molar refractivity (Wildman–Crippen MR) is 74.8 cm³/mol. The molecule has 1 heterocycles. The third kappa shape index (κ3) is 4.04. The Morgan fingerprint density at radius 2 is 2.10 bits per heavy atom. The number of hydrogen-bond acceptors (Lipinski definition) is 5. The standard InChI is InChI=1S/C15H16N4O/c1-12(18-10-14-6-8-17-11-19-14)13-2-4-15(5-3-13)20-9-7-16/h2-6,8,11-12,18H,9-10H2,1H3. The average molecular weight is 268 g/mol. The molecule has 0 aliphatic rings. The molecule has 1 aromatic carbocycles. The number of rotatable bonds is 6. The summed E-state index contributed by atoms with van der Waals surface area (Å²) in [6, 6.07) is 11.8. The number of nitrogens with zero attached hydrogens (tertiary/aromatic N) is 3. The van der Waals surface area contributed by atoms with Crippen molar-refractivity contribution in [3.63, 3.8) is 0 Å². The first-order chi connectivity index (χ1) is 9.79. The Morgan fingerprint density at radius 1 is 1.30 bits per heavy atom. The number of hydrogen-bond donors (Lipinski definition) is 1. The first-order valence-corrected chi connectivity index (χ1v) is 6.37. The van der Waals surface area contributed by atoms with Crippen LogP contribution in [0.5, 0.6) is 5.75 Å². The molecule has 0 fully saturated rings. The fourth-order valence-electron chi connectivity index (χ4n) is 1.77. The second-order valence-corrected chi connectivity index (χ2v) is 4.32. The number of nitriles is 1. The van der Waals surface area contributed by atoms with Crippen LogP contribution in [0.2, 0.25) is 0 Å². The second-order valence-electron chi connectivity index (χ2n) is 4.32. The van der Waals surface area contributed by atoms with Crippen LogP contribution in [0.25, 0.3) is 0 Å². The van der Waals surface area contributed by atoms with Crippen molar-refractivity contribution in [3.8, 4) is 11.8 Å². The molecule has 0 spiro atoms. The summed E-state index contributed by atoms with van der Waals surface area (Å²) < 4.78 is 5.22. The molecule has 0 saturated heterocycles. The third-order valence-electron chi connectivity index (χ3n) is 2.92. The van der Waals surface area contributed by atoms with Gasteiger partial charge in [-0.3, -0.25) is 0 Å². The third-order valence-corrected chi connectivity index (χ3v) is 2.92. The molecule has 2 aromatic rings. The minimum absolute atomic E-state index is 0.0703. The second kappa shape index (κ2) is 7.22. The van der Waals surface area contributed by atoms with Gasteiger partial charge < -0.3 is 10.1 Å². The fourth-order valence-corrected chi connectivity index (χ4v) is 1.77. The van der Waals surface area contributed by atoms with Crippen molar-refractivity contribution in [2.45, 2.75) is 19.5 Å². The van der Waals surface area contributed by atoms with Crippen LogP contribution in [0.15, 0.2) is 42.9 Å². The van der Waals surface area contributed by atoms with Crippen LogP contribution in [0.3, 0.4) is 0 Å². The molecule has 0 aliphatic carbocycles. The van der Waals surface area contributed by atoms with E-state index in [1.807, 2.05) is 36.4 Å². The fraction of sp³-hybridized carbons (Fsp3) is 0.267. The summed E-state index contributed by atoms with van der Waals surface area (Å²) in [5.74, 6) is 0.707. The van der Waals surface area contributed by atoms with Gasteiger partial charge >= 0.3 is 0 Å². The molecule has 0 saturated carbocycles. The molecule has 1 atom stereocenters. The van der Waals surface area contributed by atoms with Crippen molar-refractivity contribution >= 4 is 0 Å². The maximum atomic E-state index is 8.45. The van der Waals surface area contributed by atoms with Gasteiger partial charge in [-0.15, -0.1) is 0 Å². The Bertz CT molecular complexity index is 563. The van der Waals surface area contributed by atoms with Crippen molar-refractivity contribution in [2.24, 2.45) is 0 Å². The molecule has 0 aliphatic heterocycles. The van der Waals surface area contributed by atoms with Crippen LogP contribution in [-0.4, -0.2) is 16.6 Å². The Kier molecular flexibility index (Phi) is 5.04. The van der Waals surface area contributed by atoms with Gasteiger partial charge in [-0.25, -0.2) is 9.97 Å². The number of benzene rings is 1. The van der Waals surface area contributed by atoms with Gasteiger partial charge in [0.15, 0.2) is 6.61 Å². The van der Waals surface area contributed by atoms with Crippen LogP contribution >= 0.6 is 0 Å². The lowest BCUT2D eigenvalue weighted by atomic mass is 10.1. The SMILES string of the molecule is CC(NCc1ccncn1)c1ccc(OCC#N)cc1. The highest BCUT2D eigenvalue weighted by atomic mass is 16.5. The van der Waals surface area contributed by atoms with Crippen molar-refractivity contribution in [2.75, 3.05) is 6.61 Å². The molecule has 0 radical (unpaired) electrons. The van der Waals surface area contributed by atoms with Crippen LogP contribution in [-0.2, 0) is 6.54 Å². The van der Waals surface area contributed by atoms with Gasteiger partial charge in [-0.2, -0.15) is 5.26 Å². The quantitative estimate of drug-likeness (QED) is 0.870. The van der Waals surface area contributed by atoms with Gasteiger partial charge in [-0.05, 0) is 30.7 Å². The minimum atomic E-state index is 0.0703. The molecule has 1 unspecified atom stereocenters. The summed E-state index contributed by atoms with van der Waals surface area (Å²) in [5.41, 5.74) is 2.11. The summed E-state index contributed by atoms with van der Waals surface area (Å²) in [4.78, 5) is 8.06. The highest BCUT2D eigenvalue weighted by Crippen LogP contribution is 2.17. The maximum Gasteiger partial charge on any atom is 0.174 e. The van der Waals surface area contributed by atoms with Gasteiger partial charge in [-0.1, -0.05) is 12.1 Å². The lowest BCUT2D eigenvalue weighted by Gasteiger charge is -2.14. The largest absolute Gasteiger partial charge is 0.479 e. The molecule has 1 N–H and O–H groups in total. The summed E-state index contributed by atoms with van der Waals surface area (Å²) in [6.45, 7) is 2.85. The first-order valence-electron chi connectivity index (χ1n) is 6.37. The Labute approximate surface area is 118 Å². The van der Waals surface area contributed by atoms with Crippen LogP contribution in [0.4, 0.5) is 0 Å². The van der Waals surface area contributed by atoms with Crippen LogP contribution in [0.1, 0.15) is 24.2 Å². The highest BCUT2D eigenvalue weighted by molar-refractivity contribution is 5.29. The van der Waals surface area contributed by atoms with E-state index in [0.29, 0.717) is 12.3 Å². The van der Waals surface area contributed by atoms with E-state index in [2.05, 4.69) is 22.2 Å². The lowest BCUT2D eigenvalue weighted by Crippen LogP contribution is -2.18. The van der Waals surface area contributed by atoms with E-state index in [1.165, 1.54) is 0 Å². The average Bonchev–Trinajstić information content (AvgIpc) is 2.52. The molecule has 1 aromatic heterocycles. The number of aromatic nitrogens is 2. The molecule has 20 heavy (non-hydrogen) atoms. The summed E-state index contributed by atoms with van der Waals surface area (Å²) in [7, 11) is 0. The maximum absolute atomic E-state index is 8.45. The van der Waals surface area contributed by atoms with Crippen molar-refractivity contribution in [3.05, 3.63) is 54.1 Å². The molecule has 2 rings (SSSR count). The smallest absolute Gasteiger partial charge is 0.174 e. The predicted octanol–water partition coefficient (Wildman–Crippen LogP) is 2.23. The van der Waals surface area contributed by atoms with Crippen LogP contribution < -0.4 is 10.1 Å². The summed E-state index contributed by atoms with van der Waals surface area (Å²) >= 11 is 0. The van der Waals surface area contributed by atoms with Gasteiger partial charge in [0.1, 0.15) is 18.1 Å². The zero-order chi connectivity index (χ0) is 14.2. The summed E-state index contributed by atoms with van der Waals surface area (Å²) in [5, 5.41) is 11.8. The van der Waals surface area contributed by atoms with E-state index in [-0.39, 0.29) is 12.6 Å². The van der Waals surface area contributed by atoms with E-state index in [4.69, 9.17) is 10.00 Å². The molecular formula is C15H16N4O. The van der Waals surface area contributed by atoms with Gasteiger partial charge in [0, 0.05) is 18.8 Å². The van der Waals surface area contributed by atoms with E-state index in [9.17, 15) is 0 Å². The van der Waals surface area contributed by atoms with Gasteiger partial charge in [0.2, 0.25) is 0 Å². The number of ether oxygens (including phenoxy) is 1. The van der Waals surface area contributed by atoms with E-state index < -0.39 is 0 Å². The van der Waals surface area contributed by atoms with Gasteiger partial charge in [0.05, 0.1) is 5.69 Å². The lowest BCUT2D eigenvalue weighted by molar-refractivity contribution is 0.368. The zero-order valence-electron chi connectivity index (χ0n) is 11.3. The van der Waals surface area contributed by atoms with Crippen molar-refractivity contribution in [1.82, 2.24) is 15.3 Å². The molecule has 0 bridgehead atoms. The van der Waals surface area contributed by atoms with Gasteiger partial charge in [0.25, 0.3) is 0 Å². The number of nitrogens with one attached hydrogen (secondary N) is 1. The first kappa shape index (κ1) is 14.0. The molecule has 0 amide bonds. The molecular weight excluding hydrogens is 252 g/mol. The van der Waals surface area contributed by atoms with E-state index in [1.54, 1.807) is 12.5 Å². The normalized spacial score (nSPS) is 11.6. The highest BCUT2D eigenvalue weighted by Gasteiger charge is 2.05. The van der Waals surface area contributed by atoms with E-state index in [0.717, 1.165) is 11.3 Å². The molecule has 5 nitrogen and oxygen atoms in total. The van der Waals surface area contributed by atoms with Crippen LogP contribution in [0, 0.1) is 11.3 Å². The Hall–Kier alpha value is -2.45. The summed E-state index contributed by atoms with van der Waals surface area (Å²) in [6.07, 6.45) is 3.28. The molecule has 5 heteroatoms. The van der Waals surface area contributed by atoms with Crippen molar-refractivity contribution in [1.29, 1.82) is 5.26 Å². The molecule has 102 valence electrons. The Morgan fingerprint density at radius 3 is 2.75 bits per heavy atom. The van der Waals surface area contributed by atoms with E-state index >= 15 is 0 Å².